The van der Waals surface area contributed by atoms with E-state index in [1.54, 1.807) is 7.11 Å². The van der Waals surface area contributed by atoms with Gasteiger partial charge in [-0.25, -0.2) is 0 Å². The Bertz CT molecular complexity index is 909. The van der Waals surface area contributed by atoms with Crippen LogP contribution in [0.5, 0.6) is 5.75 Å². The van der Waals surface area contributed by atoms with E-state index in [9.17, 15) is 0 Å². The highest BCUT2D eigenvalue weighted by atomic mass is 16.5. The molecule has 0 N–H and O–H groups in total. The fourth-order valence-electron chi connectivity index (χ4n) is 4.33. The lowest BCUT2D eigenvalue weighted by atomic mass is 9.77. The summed E-state index contributed by atoms with van der Waals surface area (Å²) in [5, 5.41) is 0. The van der Waals surface area contributed by atoms with Gasteiger partial charge >= 0.3 is 0 Å². The van der Waals surface area contributed by atoms with E-state index in [1.165, 1.54) is 22.6 Å². The fraction of sp³-hybridized carbons (Fsp3) is 0.400. The molecule has 0 aromatic heterocycles. The van der Waals surface area contributed by atoms with Gasteiger partial charge in [-0.15, -0.1) is 0 Å². The molecule has 0 amide bonds. The van der Waals surface area contributed by atoms with Crippen LogP contribution in [0.2, 0.25) is 0 Å². The zero-order chi connectivity index (χ0) is 20.3. The average molecular weight is 378 g/mol. The second-order valence-electron chi connectivity index (χ2n) is 7.58. The number of hydrogen-bond donors (Lipinski definition) is 0. The number of ether oxygens (including phenoxy) is 1. The number of para-hydroxylation sites is 1. The summed E-state index contributed by atoms with van der Waals surface area (Å²) in [7, 11) is 3.92. The van der Waals surface area contributed by atoms with Gasteiger partial charge in [-0.3, -0.25) is 0 Å². The number of hydrogen-bond acceptors (Lipinski definition) is 2. The van der Waals surface area contributed by atoms with Crippen LogP contribution in [0.4, 0.5) is 11.4 Å². The summed E-state index contributed by atoms with van der Waals surface area (Å²) in [6, 6.07) is 15.2. The van der Waals surface area contributed by atoms with Crippen molar-refractivity contribution in [3.8, 4) is 5.75 Å². The van der Waals surface area contributed by atoms with Crippen LogP contribution in [-0.2, 0) is 5.41 Å². The smallest absolute Gasteiger partial charge is 0.209 e. The summed E-state index contributed by atoms with van der Waals surface area (Å²) in [5.41, 5.74) is 6.37. The SMILES string of the molecule is CCN(CC)c1ccc(/C=C/C2=[N+](C)c3ccccc3C2(C)CC)c(OC)c1. The summed E-state index contributed by atoms with van der Waals surface area (Å²) in [5.74, 6) is 0.914. The van der Waals surface area contributed by atoms with Gasteiger partial charge < -0.3 is 9.64 Å². The molecule has 28 heavy (non-hydrogen) atoms. The van der Waals surface area contributed by atoms with E-state index in [4.69, 9.17) is 4.74 Å². The van der Waals surface area contributed by atoms with Gasteiger partial charge in [0, 0.05) is 48.1 Å². The van der Waals surface area contributed by atoms with E-state index in [2.05, 4.69) is 98.8 Å². The van der Waals surface area contributed by atoms with Crippen LogP contribution in [0.15, 0.2) is 48.5 Å². The zero-order valence-corrected chi connectivity index (χ0v) is 18.1. The number of benzene rings is 2. The Morgan fingerprint density at radius 3 is 2.39 bits per heavy atom. The molecule has 1 heterocycles. The van der Waals surface area contributed by atoms with Crippen molar-refractivity contribution >= 4 is 23.2 Å². The predicted molar refractivity (Wildman–Crippen MR) is 121 cm³/mol. The van der Waals surface area contributed by atoms with Gasteiger partial charge in [0.1, 0.15) is 12.8 Å². The molecule has 1 aliphatic heterocycles. The number of methoxy groups -OCH3 is 1. The number of rotatable bonds is 7. The third-order valence-electron chi connectivity index (χ3n) is 6.26. The lowest BCUT2D eigenvalue weighted by Gasteiger charge is -2.22. The fourth-order valence-corrected chi connectivity index (χ4v) is 4.33. The van der Waals surface area contributed by atoms with Crippen molar-refractivity contribution in [2.75, 3.05) is 32.1 Å². The van der Waals surface area contributed by atoms with Gasteiger partial charge in [0.15, 0.2) is 5.71 Å². The molecule has 3 heteroatoms. The first kappa shape index (κ1) is 20.2. The van der Waals surface area contributed by atoms with Gasteiger partial charge in [0.05, 0.1) is 12.5 Å². The zero-order valence-electron chi connectivity index (χ0n) is 18.1. The number of fused-ring (bicyclic) bond motifs is 1. The van der Waals surface area contributed by atoms with Gasteiger partial charge in [-0.2, -0.15) is 4.58 Å². The third-order valence-corrected chi connectivity index (χ3v) is 6.26. The molecular formula is C25H33N2O+. The Balaban J connectivity index is 1.99. The van der Waals surface area contributed by atoms with Gasteiger partial charge in [0.25, 0.3) is 0 Å². The van der Waals surface area contributed by atoms with E-state index >= 15 is 0 Å². The van der Waals surface area contributed by atoms with E-state index < -0.39 is 0 Å². The van der Waals surface area contributed by atoms with Crippen LogP contribution >= 0.6 is 0 Å². The highest BCUT2D eigenvalue weighted by Crippen LogP contribution is 2.41. The van der Waals surface area contributed by atoms with Crippen LogP contribution in [-0.4, -0.2) is 37.5 Å². The van der Waals surface area contributed by atoms with Crippen LogP contribution in [0, 0.1) is 0 Å². The second-order valence-corrected chi connectivity index (χ2v) is 7.58. The average Bonchev–Trinajstić information content (AvgIpc) is 2.95. The van der Waals surface area contributed by atoms with E-state index in [0.29, 0.717) is 0 Å². The molecule has 1 aliphatic rings. The first-order valence-corrected chi connectivity index (χ1v) is 10.3. The molecule has 1 atom stereocenters. The molecule has 3 rings (SSSR count). The molecule has 0 bridgehead atoms. The highest BCUT2D eigenvalue weighted by Gasteiger charge is 2.44. The third kappa shape index (κ3) is 3.34. The lowest BCUT2D eigenvalue weighted by Crippen LogP contribution is -2.29. The Kier molecular flexibility index (Phi) is 5.93. The quantitative estimate of drug-likeness (QED) is 0.579. The standard InChI is InChI=1S/C25H33N2O/c1-7-25(4)21-12-10-11-13-22(21)26(5)24(25)17-15-19-14-16-20(18-23(19)28-6)27(8-2)9-3/h10-18H,7-9H2,1-6H3/q+1. The maximum atomic E-state index is 5.71. The summed E-state index contributed by atoms with van der Waals surface area (Å²) in [6.07, 6.45) is 5.51. The van der Waals surface area contributed by atoms with Gasteiger partial charge in [-0.1, -0.05) is 25.1 Å². The van der Waals surface area contributed by atoms with Crippen molar-refractivity contribution < 1.29 is 9.31 Å². The monoisotopic (exact) mass is 377 g/mol. The molecule has 148 valence electrons. The second kappa shape index (κ2) is 8.22. The minimum atomic E-state index is 0.0240. The van der Waals surface area contributed by atoms with Crippen molar-refractivity contribution in [1.29, 1.82) is 0 Å². The molecule has 0 fully saturated rings. The van der Waals surface area contributed by atoms with Crippen LogP contribution in [0.25, 0.3) is 6.08 Å². The largest absolute Gasteiger partial charge is 0.496 e. The molecule has 0 aliphatic carbocycles. The maximum absolute atomic E-state index is 5.71. The highest BCUT2D eigenvalue weighted by molar-refractivity contribution is 6.05. The van der Waals surface area contributed by atoms with Crippen LogP contribution in [0.3, 0.4) is 0 Å². The van der Waals surface area contributed by atoms with Crippen molar-refractivity contribution in [3.05, 3.63) is 59.7 Å². The molecule has 0 radical (unpaired) electrons. The first-order valence-electron chi connectivity index (χ1n) is 10.3. The van der Waals surface area contributed by atoms with Gasteiger partial charge in [-0.05, 0) is 45.4 Å². The topological polar surface area (TPSA) is 15.5 Å². The summed E-state index contributed by atoms with van der Waals surface area (Å²) in [6.45, 7) is 11.0. The number of allylic oxidation sites excluding steroid dienone is 1. The lowest BCUT2D eigenvalue weighted by molar-refractivity contribution is -0.401. The van der Waals surface area contributed by atoms with Crippen molar-refractivity contribution in [1.82, 2.24) is 0 Å². The Labute approximate surface area is 170 Å². The summed E-state index contributed by atoms with van der Waals surface area (Å²) in [4.78, 5) is 2.33. The van der Waals surface area contributed by atoms with E-state index in [1.807, 2.05) is 0 Å². The predicted octanol–water partition coefficient (Wildman–Crippen LogP) is 5.65. The molecular weight excluding hydrogens is 344 g/mol. The Morgan fingerprint density at radius 1 is 1.04 bits per heavy atom. The number of anilines is 1. The molecule has 1 unspecified atom stereocenters. The Hall–Kier alpha value is -2.55. The number of nitrogens with zero attached hydrogens (tertiary/aromatic N) is 2. The normalized spacial score (nSPS) is 18.6. The molecule has 0 saturated heterocycles. The maximum Gasteiger partial charge on any atom is 0.209 e. The molecule has 2 aromatic carbocycles. The minimum Gasteiger partial charge on any atom is -0.496 e. The molecule has 0 saturated carbocycles. The summed E-state index contributed by atoms with van der Waals surface area (Å²) < 4.78 is 8.03. The van der Waals surface area contributed by atoms with Crippen molar-refractivity contribution in [3.63, 3.8) is 0 Å². The molecule has 3 nitrogen and oxygen atoms in total. The van der Waals surface area contributed by atoms with Crippen molar-refractivity contribution in [2.24, 2.45) is 0 Å². The van der Waals surface area contributed by atoms with E-state index in [-0.39, 0.29) is 5.41 Å². The first-order chi connectivity index (χ1) is 13.5. The van der Waals surface area contributed by atoms with E-state index in [0.717, 1.165) is 30.8 Å². The van der Waals surface area contributed by atoms with Crippen LogP contribution in [0.1, 0.15) is 45.2 Å². The Morgan fingerprint density at radius 2 is 1.75 bits per heavy atom. The molecule has 2 aromatic rings. The molecule has 0 spiro atoms. The minimum absolute atomic E-state index is 0.0240. The van der Waals surface area contributed by atoms with Gasteiger partial charge in [0.2, 0.25) is 5.69 Å². The van der Waals surface area contributed by atoms with Crippen LogP contribution < -0.4 is 9.64 Å². The summed E-state index contributed by atoms with van der Waals surface area (Å²) >= 11 is 0. The van der Waals surface area contributed by atoms with Crippen molar-refractivity contribution in [2.45, 2.75) is 39.5 Å².